The number of likely N-dealkylation sites (tertiary alicyclic amines) is 2. The van der Waals surface area contributed by atoms with Crippen LogP contribution in [0.5, 0.6) is 0 Å². The largest absolute Gasteiger partial charge is 0.481 e. The van der Waals surface area contributed by atoms with E-state index in [1.165, 1.54) is 18.7 Å². The second-order valence-electron chi connectivity index (χ2n) is 23.5. The lowest BCUT2D eigenvalue weighted by Gasteiger charge is -2.31. The first-order chi connectivity index (χ1) is 39.1. The van der Waals surface area contributed by atoms with Gasteiger partial charge in [0, 0.05) is 19.5 Å². The highest BCUT2D eigenvalue weighted by atomic mass is 16.4. The molecular formula is C54H91N13O17. The van der Waals surface area contributed by atoms with E-state index in [-0.39, 0.29) is 56.5 Å². The summed E-state index contributed by atoms with van der Waals surface area (Å²) in [5.74, 6) is -15.8. The van der Waals surface area contributed by atoms with E-state index in [0.717, 1.165) is 4.90 Å². The number of aliphatic hydroxyl groups excluding tert-OH is 1. The molecule has 0 aliphatic carbocycles. The molecule has 2 aliphatic heterocycles. The summed E-state index contributed by atoms with van der Waals surface area (Å²) < 4.78 is 0. The van der Waals surface area contributed by atoms with Crippen LogP contribution in [0.3, 0.4) is 0 Å². The molecule has 0 bridgehead atoms. The van der Waals surface area contributed by atoms with Crippen molar-refractivity contribution in [1.82, 2.24) is 52.3 Å². The first kappa shape index (κ1) is 72.6. The Balaban J connectivity index is 2.36. The summed E-state index contributed by atoms with van der Waals surface area (Å²) in [5, 5.41) is 48.9. The van der Waals surface area contributed by atoms with Crippen molar-refractivity contribution >= 4 is 82.8 Å². The van der Waals surface area contributed by atoms with E-state index in [4.69, 9.17) is 17.2 Å². The Morgan fingerprint density at radius 3 is 1.29 bits per heavy atom. The fourth-order valence-electron chi connectivity index (χ4n) is 9.74. The quantitative estimate of drug-likeness (QED) is 0.0291. The van der Waals surface area contributed by atoms with Crippen molar-refractivity contribution in [3.63, 3.8) is 0 Å². The normalized spacial score (nSPS) is 18.3. The van der Waals surface area contributed by atoms with Crippen molar-refractivity contribution in [1.29, 1.82) is 0 Å². The van der Waals surface area contributed by atoms with Gasteiger partial charge in [0.25, 0.3) is 0 Å². The second kappa shape index (κ2) is 34.3. The first-order valence-corrected chi connectivity index (χ1v) is 28.5. The van der Waals surface area contributed by atoms with E-state index in [0.29, 0.717) is 19.3 Å². The molecule has 12 amide bonds. The fraction of sp³-hybridized carbons (Fsp3) is 0.741. The predicted octanol–water partition coefficient (Wildman–Crippen LogP) is -3.68. The molecule has 0 aromatic rings. The van der Waals surface area contributed by atoms with Gasteiger partial charge in [-0.3, -0.25) is 62.3 Å². The van der Waals surface area contributed by atoms with E-state index in [1.54, 1.807) is 27.7 Å². The molecule has 17 N–H and O–H groups in total. The minimum atomic E-state index is -1.95. The lowest BCUT2D eigenvalue weighted by Crippen LogP contribution is -2.62. The second-order valence-corrected chi connectivity index (χ2v) is 23.5. The number of amides is 12. The number of carbonyl (C=O) groups excluding carboxylic acids is 12. The average Bonchev–Trinajstić information content (AvgIpc) is 4.02. The summed E-state index contributed by atoms with van der Waals surface area (Å²) >= 11 is 0. The van der Waals surface area contributed by atoms with Crippen LogP contribution in [0.15, 0.2) is 0 Å². The van der Waals surface area contributed by atoms with Crippen LogP contribution in [-0.2, 0) is 67.1 Å². The van der Waals surface area contributed by atoms with Crippen LogP contribution in [0.1, 0.15) is 140 Å². The Morgan fingerprint density at radius 1 is 0.464 bits per heavy atom. The molecule has 2 fully saturated rings. The van der Waals surface area contributed by atoms with Crippen LogP contribution < -0.4 is 59.7 Å². The van der Waals surface area contributed by atoms with Gasteiger partial charge in [-0.15, -0.1) is 0 Å². The Kier molecular flexibility index (Phi) is 29.7. The summed E-state index contributed by atoms with van der Waals surface area (Å²) in [5.41, 5.74) is 17.0. The van der Waals surface area contributed by atoms with Gasteiger partial charge in [-0.1, -0.05) is 69.2 Å². The number of carboxylic acid groups (broad SMARTS) is 2. The molecule has 474 valence electrons. The molecule has 0 aromatic heterocycles. The van der Waals surface area contributed by atoms with Gasteiger partial charge in [-0.05, 0) is 81.0 Å². The van der Waals surface area contributed by atoms with E-state index in [2.05, 4.69) is 42.5 Å². The number of hydrogen-bond acceptors (Lipinski definition) is 16. The minimum absolute atomic E-state index is 0.0436. The number of nitrogens with zero attached hydrogens (tertiary/aromatic N) is 2. The molecule has 84 heavy (non-hydrogen) atoms. The third-order valence-corrected chi connectivity index (χ3v) is 14.0. The van der Waals surface area contributed by atoms with Crippen LogP contribution in [0.4, 0.5) is 0 Å². The van der Waals surface area contributed by atoms with Crippen molar-refractivity contribution in [3.05, 3.63) is 0 Å². The minimum Gasteiger partial charge on any atom is -0.481 e. The molecule has 30 heteroatoms. The molecule has 0 unspecified atom stereocenters. The van der Waals surface area contributed by atoms with Crippen molar-refractivity contribution in [2.24, 2.45) is 46.8 Å². The van der Waals surface area contributed by atoms with Crippen molar-refractivity contribution < 1.29 is 82.4 Å². The molecule has 2 saturated heterocycles. The lowest BCUT2D eigenvalue weighted by atomic mass is 9.99. The summed E-state index contributed by atoms with van der Waals surface area (Å²) in [7, 11) is 0. The maximum atomic E-state index is 14.1. The van der Waals surface area contributed by atoms with Gasteiger partial charge >= 0.3 is 11.9 Å². The fourth-order valence-corrected chi connectivity index (χ4v) is 9.74. The van der Waals surface area contributed by atoms with E-state index < -0.39 is 193 Å². The number of primary amides is 2. The lowest BCUT2D eigenvalue weighted by molar-refractivity contribution is -0.146. The van der Waals surface area contributed by atoms with Crippen molar-refractivity contribution in [2.45, 2.75) is 206 Å². The standard InChI is InChI=1S/C54H91N13O17/c1-25(2)19-30(55)44(73)62-35(21-27(5)6)52(81)66-17-11-13-37(66)49(78)58-31(15-16-41(71)72)45(74)59-33(22-39(56)69)47(76)60-34(23-40(57)70)48(77)64-42(28(7)8)51(80)61-32(20-26(3)4)46(75)63-36(24-68)53(82)67-18-12-14-38(67)50(79)65-43(29(9)10)54(83)84/h25-38,42-43,68H,11-24,55H2,1-10H3,(H2,56,69)(H2,57,70)(H,58,78)(H,59,74)(H,60,76)(H,61,80)(H,62,73)(H,63,75)(H,64,77)(H,65,79)(H,71,72)(H,83,84)/t30-,31-,32-,33-,34-,35-,36-,37-,38-,42-,43-/m0/s1. The molecule has 0 aromatic carbocycles. The van der Waals surface area contributed by atoms with Gasteiger partial charge in [-0.2, -0.15) is 0 Å². The molecule has 0 spiro atoms. The number of rotatable bonds is 35. The molecule has 11 atom stereocenters. The number of carbonyl (C=O) groups is 14. The van der Waals surface area contributed by atoms with Crippen LogP contribution in [-0.4, -0.2) is 194 Å². The Bertz CT molecular complexity index is 2390. The number of nitrogens with one attached hydrogen (secondary N) is 8. The van der Waals surface area contributed by atoms with Crippen LogP contribution >= 0.6 is 0 Å². The number of hydrogen-bond donors (Lipinski definition) is 14. The predicted molar refractivity (Wildman–Crippen MR) is 300 cm³/mol. The highest BCUT2D eigenvalue weighted by Crippen LogP contribution is 2.23. The number of aliphatic hydroxyl groups is 1. The molecule has 0 saturated carbocycles. The van der Waals surface area contributed by atoms with Crippen molar-refractivity contribution in [3.8, 4) is 0 Å². The number of aliphatic carboxylic acids is 2. The zero-order chi connectivity index (χ0) is 64.0. The summed E-state index contributed by atoms with van der Waals surface area (Å²) in [4.78, 5) is 189. The first-order valence-electron chi connectivity index (χ1n) is 28.5. The van der Waals surface area contributed by atoms with Gasteiger partial charge in [0.15, 0.2) is 0 Å². The summed E-state index contributed by atoms with van der Waals surface area (Å²) in [6.45, 7) is 16.2. The smallest absolute Gasteiger partial charge is 0.326 e. The molecule has 2 rings (SSSR count). The zero-order valence-electron chi connectivity index (χ0n) is 49.8. The summed E-state index contributed by atoms with van der Waals surface area (Å²) in [6.07, 6.45) is -1.70. The zero-order valence-corrected chi connectivity index (χ0v) is 49.8. The molecule has 2 aliphatic rings. The topological polar surface area (TPSA) is 480 Å². The number of nitrogens with two attached hydrogens (primary N) is 3. The third-order valence-electron chi connectivity index (χ3n) is 14.0. The molecule has 30 nitrogen and oxygen atoms in total. The molecular weight excluding hydrogens is 1100 g/mol. The van der Waals surface area contributed by atoms with Crippen LogP contribution in [0, 0.1) is 29.6 Å². The molecule has 0 radical (unpaired) electrons. The van der Waals surface area contributed by atoms with E-state index in [9.17, 15) is 82.4 Å². The van der Waals surface area contributed by atoms with E-state index in [1.807, 2.05) is 27.7 Å². The van der Waals surface area contributed by atoms with Gasteiger partial charge in [0.1, 0.15) is 60.4 Å². The molecule has 2 heterocycles. The van der Waals surface area contributed by atoms with Crippen LogP contribution in [0.25, 0.3) is 0 Å². The SMILES string of the molecule is CC(C)C[C@H](NC(=O)[C@@H](NC(=O)[C@H](CC(N)=O)NC(=O)[C@H](CC(N)=O)NC(=O)[C@H](CCC(=O)O)NC(=O)[C@@H]1CCCN1C(=O)[C@H](CC(C)C)NC(=O)[C@@H](N)CC(C)C)C(C)C)C(=O)N[C@@H](CO)C(=O)N1CCC[C@H]1C(=O)N[C@H](C(=O)O)C(C)C. The highest BCUT2D eigenvalue weighted by molar-refractivity contribution is 6.01. The Labute approximate surface area is 489 Å². The summed E-state index contributed by atoms with van der Waals surface area (Å²) in [6, 6.07) is -15.7. The van der Waals surface area contributed by atoms with E-state index >= 15 is 0 Å². The maximum Gasteiger partial charge on any atom is 0.326 e. The average molecular weight is 1190 g/mol. The maximum absolute atomic E-state index is 14.1. The van der Waals surface area contributed by atoms with Gasteiger partial charge in [-0.25, -0.2) is 4.79 Å². The third kappa shape index (κ3) is 23.3. The highest BCUT2D eigenvalue weighted by Gasteiger charge is 2.43. The van der Waals surface area contributed by atoms with Gasteiger partial charge < -0.3 is 84.9 Å². The van der Waals surface area contributed by atoms with Gasteiger partial charge in [0.05, 0.1) is 25.5 Å². The van der Waals surface area contributed by atoms with Crippen LogP contribution in [0.2, 0.25) is 0 Å². The van der Waals surface area contributed by atoms with Gasteiger partial charge in [0.2, 0.25) is 70.9 Å². The monoisotopic (exact) mass is 1190 g/mol. The van der Waals surface area contributed by atoms with Crippen molar-refractivity contribution in [2.75, 3.05) is 19.7 Å². The Hall–Kier alpha value is -7.50. The number of carboxylic acids is 2. The Morgan fingerprint density at radius 2 is 0.857 bits per heavy atom.